The molecule has 0 aliphatic carbocycles. The molecule has 0 aliphatic heterocycles. The molecular formula is C14H16N2O5. The Morgan fingerprint density at radius 2 is 2.19 bits per heavy atom. The van der Waals surface area contributed by atoms with E-state index in [2.05, 4.69) is 4.98 Å². The van der Waals surface area contributed by atoms with E-state index in [1.54, 1.807) is 26.0 Å². The van der Waals surface area contributed by atoms with Gasteiger partial charge in [-0.3, -0.25) is 9.59 Å². The first-order chi connectivity index (χ1) is 10.0. The Bertz CT molecular complexity index is 630. The zero-order valence-electron chi connectivity index (χ0n) is 11.8. The average molecular weight is 292 g/mol. The summed E-state index contributed by atoms with van der Waals surface area (Å²) in [5.41, 5.74) is 0.482. The van der Waals surface area contributed by atoms with Gasteiger partial charge in [-0.25, -0.2) is 4.98 Å². The summed E-state index contributed by atoms with van der Waals surface area (Å²) in [5, 5.41) is 8.77. The SMILES string of the molecule is CCN(CC(=O)O)C(=O)Cc1nc(-c2ccco2)oc1C. The number of aliphatic carboxylic acids is 1. The zero-order valence-corrected chi connectivity index (χ0v) is 11.8. The number of carbonyl (C=O) groups is 2. The molecule has 0 saturated carbocycles. The number of carboxylic acids is 1. The summed E-state index contributed by atoms with van der Waals surface area (Å²) in [4.78, 5) is 28.3. The summed E-state index contributed by atoms with van der Waals surface area (Å²) in [7, 11) is 0. The Morgan fingerprint density at radius 3 is 2.76 bits per heavy atom. The third kappa shape index (κ3) is 3.50. The van der Waals surface area contributed by atoms with Gasteiger partial charge in [-0.2, -0.15) is 0 Å². The molecule has 0 aliphatic rings. The molecule has 2 heterocycles. The number of amides is 1. The molecular weight excluding hydrogens is 276 g/mol. The second-order valence-electron chi connectivity index (χ2n) is 4.48. The van der Waals surface area contributed by atoms with Crippen molar-refractivity contribution in [3.8, 4) is 11.7 Å². The third-order valence-corrected chi connectivity index (χ3v) is 3.00. The van der Waals surface area contributed by atoms with Crippen LogP contribution >= 0.6 is 0 Å². The molecule has 21 heavy (non-hydrogen) atoms. The van der Waals surface area contributed by atoms with Crippen molar-refractivity contribution >= 4 is 11.9 Å². The molecule has 0 bridgehead atoms. The Morgan fingerprint density at radius 1 is 1.43 bits per heavy atom. The molecule has 1 amide bonds. The quantitative estimate of drug-likeness (QED) is 0.870. The van der Waals surface area contributed by atoms with Crippen LogP contribution in [0.1, 0.15) is 18.4 Å². The molecule has 0 unspecified atom stereocenters. The van der Waals surface area contributed by atoms with Crippen molar-refractivity contribution in [2.24, 2.45) is 0 Å². The van der Waals surface area contributed by atoms with E-state index in [-0.39, 0.29) is 18.9 Å². The molecule has 0 radical (unpaired) electrons. The first-order valence-corrected chi connectivity index (χ1v) is 6.51. The molecule has 2 aromatic heterocycles. The third-order valence-electron chi connectivity index (χ3n) is 3.00. The van der Waals surface area contributed by atoms with Crippen LogP contribution < -0.4 is 0 Å². The average Bonchev–Trinajstić information content (AvgIpc) is 3.06. The molecule has 7 nitrogen and oxygen atoms in total. The van der Waals surface area contributed by atoms with Crippen molar-refractivity contribution in [3.05, 3.63) is 29.9 Å². The molecule has 0 spiro atoms. The second kappa shape index (κ2) is 6.25. The van der Waals surface area contributed by atoms with E-state index in [0.29, 0.717) is 29.6 Å². The minimum Gasteiger partial charge on any atom is -0.480 e. The predicted octanol–water partition coefficient (Wildman–Crippen LogP) is 1.72. The lowest BCUT2D eigenvalue weighted by Gasteiger charge is -2.17. The van der Waals surface area contributed by atoms with Crippen LogP contribution in [0.4, 0.5) is 0 Å². The maximum Gasteiger partial charge on any atom is 0.323 e. The summed E-state index contributed by atoms with van der Waals surface area (Å²) in [6.45, 7) is 3.44. The summed E-state index contributed by atoms with van der Waals surface area (Å²) < 4.78 is 10.6. The number of rotatable bonds is 6. The van der Waals surface area contributed by atoms with Crippen molar-refractivity contribution in [2.75, 3.05) is 13.1 Å². The summed E-state index contributed by atoms with van der Waals surface area (Å²) in [6.07, 6.45) is 1.50. The maximum atomic E-state index is 12.1. The van der Waals surface area contributed by atoms with Crippen LogP contribution in [-0.2, 0) is 16.0 Å². The van der Waals surface area contributed by atoms with E-state index in [1.165, 1.54) is 11.2 Å². The number of aromatic nitrogens is 1. The van der Waals surface area contributed by atoms with Gasteiger partial charge < -0.3 is 18.8 Å². The fourth-order valence-electron chi connectivity index (χ4n) is 1.89. The maximum absolute atomic E-state index is 12.1. The standard InChI is InChI=1S/C14H16N2O5/c1-3-16(8-13(18)19)12(17)7-10-9(2)21-14(15-10)11-5-4-6-20-11/h4-6H,3,7-8H2,1-2H3,(H,18,19). The van der Waals surface area contributed by atoms with E-state index < -0.39 is 5.97 Å². The molecule has 0 saturated heterocycles. The van der Waals surface area contributed by atoms with Gasteiger partial charge in [0.1, 0.15) is 12.3 Å². The number of furan rings is 1. The molecule has 0 atom stereocenters. The van der Waals surface area contributed by atoms with E-state index in [0.717, 1.165) is 0 Å². The lowest BCUT2D eigenvalue weighted by Crippen LogP contribution is -2.36. The number of hydrogen-bond donors (Lipinski definition) is 1. The van der Waals surface area contributed by atoms with Gasteiger partial charge in [0.15, 0.2) is 5.76 Å². The minimum atomic E-state index is -1.04. The molecule has 7 heteroatoms. The minimum absolute atomic E-state index is 0.00282. The fraction of sp³-hybridized carbons (Fsp3) is 0.357. The van der Waals surface area contributed by atoms with Gasteiger partial charge in [-0.05, 0) is 26.0 Å². The van der Waals surface area contributed by atoms with Crippen LogP contribution in [-0.4, -0.2) is 40.0 Å². The van der Waals surface area contributed by atoms with E-state index in [1.807, 2.05) is 0 Å². The molecule has 0 aromatic carbocycles. The van der Waals surface area contributed by atoms with Gasteiger partial charge in [-0.15, -0.1) is 0 Å². The fourth-order valence-corrected chi connectivity index (χ4v) is 1.89. The number of aryl methyl sites for hydroxylation is 1. The van der Waals surface area contributed by atoms with Crippen LogP contribution in [0.3, 0.4) is 0 Å². The molecule has 112 valence electrons. The van der Waals surface area contributed by atoms with E-state index >= 15 is 0 Å². The molecule has 2 aromatic rings. The largest absolute Gasteiger partial charge is 0.480 e. The smallest absolute Gasteiger partial charge is 0.323 e. The van der Waals surface area contributed by atoms with Crippen molar-refractivity contribution in [3.63, 3.8) is 0 Å². The van der Waals surface area contributed by atoms with Crippen LogP contribution in [0.15, 0.2) is 27.2 Å². The zero-order chi connectivity index (χ0) is 15.4. The lowest BCUT2D eigenvalue weighted by molar-refractivity contribution is -0.144. The van der Waals surface area contributed by atoms with Crippen molar-refractivity contribution in [2.45, 2.75) is 20.3 Å². The lowest BCUT2D eigenvalue weighted by atomic mass is 10.2. The Balaban J connectivity index is 2.12. The van der Waals surface area contributed by atoms with E-state index in [9.17, 15) is 9.59 Å². The van der Waals surface area contributed by atoms with Gasteiger partial charge in [0.25, 0.3) is 5.89 Å². The second-order valence-corrected chi connectivity index (χ2v) is 4.48. The van der Waals surface area contributed by atoms with Crippen molar-refractivity contribution in [1.82, 2.24) is 9.88 Å². The van der Waals surface area contributed by atoms with Gasteiger partial charge in [-0.1, -0.05) is 0 Å². The normalized spacial score (nSPS) is 10.6. The van der Waals surface area contributed by atoms with Gasteiger partial charge in [0.2, 0.25) is 5.91 Å². The highest BCUT2D eigenvalue weighted by atomic mass is 16.4. The Labute approximate surface area is 121 Å². The molecule has 2 rings (SSSR count). The van der Waals surface area contributed by atoms with Crippen molar-refractivity contribution < 1.29 is 23.5 Å². The van der Waals surface area contributed by atoms with Crippen LogP contribution in [0.25, 0.3) is 11.7 Å². The molecule has 0 fully saturated rings. The highest BCUT2D eigenvalue weighted by molar-refractivity contribution is 5.82. The monoisotopic (exact) mass is 292 g/mol. The van der Waals surface area contributed by atoms with Crippen molar-refractivity contribution in [1.29, 1.82) is 0 Å². The number of carbonyl (C=O) groups excluding carboxylic acids is 1. The van der Waals surface area contributed by atoms with Crippen LogP contribution in [0.5, 0.6) is 0 Å². The number of nitrogens with zero attached hydrogens (tertiary/aromatic N) is 2. The number of oxazole rings is 1. The number of likely N-dealkylation sites (N-methyl/N-ethyl adjacent to an activating group) is 1. The number of carboxylic acid groups (broad SMARTS) is 1. The Hall–Kier alpha value is -2.57. The van der Waals surface area contributed by atoms with E-state index in [4.69, 9.17) is 13.9 Å². The summed E-state index contributed by atoms with van der Waals surface area (Å²) in [5.74, 6) is -0.0435. The summed E-state index contributed by atoms with van der Waals surface area (Å²) >= 11 is 0. The Kier molecular flexibility index (Phi) is 4.42. The first-order valence-electron chi connectivity index (χ1n) is 6.51. The molecule has 1 N–H and O–H groups in total. The van der Waals surface area contributed by atoms with Crippen LogP contribution in [0.2, 0.25) is 0 Å². The van der Waals surface area contributed by atoms with Crippen LogP contribution in [0, 0.1) is 6.92 Å². The summed E-state index contributed by atoms with van der Waals surface area (Å²) in [6, 6.07) is 3.42. The van der Waals surface area contributed by atoms with Gasteiger partial charge in [0.05, 0.1) is 18.4 Å². The predicted molar refractivity (Wildman–Crippen MR) is 72.5 cm³/mol. The highest BCUT2D eigenvalue weighted by Crippen LogP contribution is 2.22. The van der Waals surface area contributed by atoms with Gasteiger partial charge in [0, 0.05) is 6.54 Å². The van der Waals surface area contributed by atoms with Gasteiger partial charge >= 0.3 is 5.97 Å². The number of hydrogen-bond acceptors (Lipinski definition) is 5. The highest BCUT2D eigenvalue weighted by Gasteiger charge is 2.20. The first kappa shape index (κ1) is 14.8. The topological polar surface area (TPSA) is 96.8 Å².